The van der Waals surface area contributed by atoms with Gasteiger partial charge in [0.2, 0.25) is 11.8 Å². The standard InChI is InChI=1S/C13H13F3N2O4S/c1-7-6-17-11(19)10(7)12(20)18-23(21,22)9-4-2-3-8(5-9)13(14,15)16/h2-5,7,10H,6H2,1H3,(H,17,19)(H,18,20). The molecular weight excluding hydrogens is 337 g/mol. The highest BCUT2D eigenvalue weighted by Gasteiger charge is 2.39. The Morgan fingerprint density at radius 2 is 2.00 bits per heavy atom. The zero-order valence-electron chi connectivity index (χ0n) is 11.8. The topological polar surface area (TPSA) is 92.3 Å². The molecule has 10 heteroatoms. The van der Waals surface area contributed by atoms with Crippen LogP contribution in [0.15, 0.2) is 29.2 Å². The fourth-order valence-corrected chi connectivity index (χ4v) is 3.27. The molecule has 0 radical (unpaired) electrons. The third-order valence-corrected chi connectivity index (χ3v) is 4.78. The minimum Gasteiger partial charge on any atom is -0.355 e. The first-order valence-electron chi connectivity index (χ1n) is 6.54. The normalized spacial score (nSPS) is 21.8. The zero-order valence-corrected chi connectivity index (χ0v) is 12.7. The van der Waals surface area contributed by atoms with Crippen molar-refractivity contribution in [2.24, 2.45) is 11.8 Å². The minimum absolute atomic E-state index is 0.223. The van der Waals surface area contributed by atoms with Gasteiger partial charge in [0.1, 0.15) is 5.92 Å². The molecule has 1 saturated heterocycles. The summed E-state index contributed by atoms with van der Waals surface area (Å²) in [5.41, 5.74) is -1.15. The molecule has 1 aromatic rings. The number of benzene rings is 1. The third-order valence-electron chi connectivity index (χ3n) is 3.44. The lowest BCUT2D eigenvalue weighted by Gasteiger charge is -2.14. The Labute approximate surface area is 130 Å². The van der Waals surface area contributed by atoms with Crippen LogP contribution in [0.1, 0.15) is 12.5 Å². The summed E-state index contributed by atoms with van der Waals surface area (Å²) in [4.78, 5) is 22.8. The van der Waals surface area contributed by atoms with E-state index in [1.54, 1.807) is 11.6 Å². The second-order valence-electron chi connectivity index (χ2n) is 5.20. The fourth-order valence-electron chi connectivity index (χ4n) is 2.22. The molecule has 0 saturated carbocycles. The smallest absolute Gasteiger partial charge is 0.355 e. The molecule has 1 aromatic carbocycles. The maximum Gasteiger partial charge on any atom is 0.416 e. The van der Waals surface area contributed by atoms with E-state index in [9.17, 15) is 31.2 Å². The van der Waals surface area contributed by atoms with Crippen LogP contribution < -0.4 is 10.0 Å². The van der Waals surface area contributed by atoms with Crippen LogP contribution in [-0.2, 0) is 25.8 Å². The summed E-state index contributed by atoms with van der Waals surface area (Å²) in [6.07, 6.45) is -4.71. The number of sulfonamides is 1. The van der Waals surface area contributed by atoms with Crippen LogP contribution in [0.2, 0.25) is 0 Å². The van der Waals surface area contributed by atoms with Crippen molar-refractivity contribution in [2.75, 3.05) is 6.54 Å². The molecule has 1 aliphatic rings. The van der Waals surface area contributed by atoms with Crippen molar-refractivity contribution >= 4 is 21.8 Å². The molecule has 1 aliphatic heterocycles. The van der Waals surface area contributed by atoms with Crippen LogP contribution in [0.4, 0.5) is 13.2 Å². The predicted octanol–water partition coefficient (Wildman–Crippen LogP) is 0.892. The summed E-state index contributed by atoms with van der Waals surface area (Å²) < 4.78 is 63.7. The van der Waals surface area contributed by atoms with Crippen LogP contribution in [-0.4, -0.2) is 26.8 Å². The van der Waals surface area contributed by atoms with E-state index in [0.29, 0.717) is 12.1 Å². The Balaban J connectivity index is 2.26. The molecule has 2 N–H and O–H groups in total. The number of nitrogens with one attached hydrogen (secondary N) is 2. The van der Waals surface area contributed by atoms with Crippen LogP contribution in [0, 0.1) is 11.8 Å². The van der Waals surface area contributed by atoms with Gasteiger partial charge in [-0.05, 0) is 24.1 Å². The molecule has 0 aliphatic carbocycles. The van der Waals surface area contributed by atoms with Gasteiger partial charge in [-0.3, -0.25) is 9.59 Å². The Morgan fingerprint density at radius 3 is 2.52 bits per heavy atom. The summed E-state index contributed by atoms with van der Waals surface area (Å²) in [6.45, 7) is 1.81. The third kappa shape index (κ3) is 3.63. The number of amides is 2. The second kappa shape index (κ2) is 5.84. The van der Waals surface area contributed by atoms with Gasteiger partial charge in [-0.25, -0.2) is 13.1 Å². The Hall–Kier alpha value is -2.10. The van der Waals surface area contributed by atoms with Gasteiger partial charge in [0.15, 0.2) is 0 Å². The fraction of sp³-hybridized carbons (Fsp3) is 0.385. The van der Waals surface area contributed by atoms with E-state index < -0.39 is 50.3 Å². The molecule has 6 nitrogen and oxygen atoms in total. The van der Waals surface area contributed by atoms with Crippen molar-refractivity contribution in [3.05, 3.63) is 29.8 Å². The first-order valence-corrected chi connectivity index (χ1v) is 8.02. The van der Waals surface area contributed by atoms with E-state index >= 15 is 0 Å². The van der Waals surface area contributed by atoms with Crippen LogP contribution in [0.5, 0.6) is 0 Å². The van der Waals surface area contributed by atoms with Crippen LogP contribution >= 0.6 is 0 Å². The average Bonchev–Trinajstić information content (AvgIpc) is 2.77. The van der Waals surface area contributed by atoms with Gasteiger partial charge in [0, 0.05) is 6.54 Å². The number of hydrogen-bond acceptors (Lipinski definition) is 4. The van der Waals surface area contributed by atoms with E-state index in [0.717, 1.165) is 12.1 Å². The van der Waals surface area contributed by atoms with Crippen molar-refractivity contribution in [1.29, 1.82) is 0 Å². The number of halogens is 3. The summed E-state index contributed by atoms with van der Waals surface area (Å²) in [6, 6.07) is 3.00. The van der Waals surface area contributed by atoms with Gasteiger partial charge in [0.05, 0.1) is 10.5 Å². The number of rotatable bonds is 3. The van der Waals surface area contributed by atoms with Crippen LogP contribution in [0.25, 0.3) is 0 Å². The largest absolute Gasteiger partial charge is 0.416 e. The van der Waals surface area contributed by atoms with Gasteiger partial charge in [-0.2, -0.15) is 13.2 Å². The number of carbonyl (C=O) groups is 2. The van der Waals surface area contributed by atoms with E-state index in [1.807, 2.05) is 0 Å². The van der Waals surface area contributed by atoms with E-state index in [1.165, 1.54) is 0 Å². The van der Waals surface area contributed by atoms with Gasteiger partial charge >= 0.3 is 6.18 Å². The number of alkyl halides is 3. The molecule has 2 rings (SSSR count). The van der Waals surface area contributed by atoms with Crippen LogP contribution in [0.3, 0.4) is 0 Å². The summed E-state index contributed by atoms with van der Waals surface area (Å²) in [7, 11) is -4.51. The van der Waals surface area contributed by atoms with E-state index in [-0.39, 0.29) is 6.54 Å². The van der Waals surface area contributed by atoms with Crippen molar-refractivity contribution in [2.45, 2.75) is 18.0 Å². The van der Waals surface area contributed by atoms with Gasteiger partial charge in [-0.1, -0.05) is 13.0 Å². The minimum atomic E-state index is -4.71. The lowest BCUT2D eigenvalue weighted by Crippen LogP contribution is -2.40. The SMILES string of the molecule is CC1CNC(=O)C1C(=O)NS(=O)(=O)c1cccc(C(F)(F)F)c1. The lowest BCUT2D eigenvalue weighted by molar-refractivity contribution is -0.138. The molecular formula is C13H13F3N2O4S. The van der Waals surface area contributed by atoms with Crippen molar-refractivity contribution in [1.82, 2.24) is 10.0 Å². The lowest BCUT2D eigenvalue weighted by atomic mass is 9.97. The molecule has 0 bridgehead atoms. The number of carbonyl (C=O) groups excluding carboxylic acids is 2. The molecule has 1 heterocycles. The summed E-state index contributed by atoms with van der Waals surface area (Å²) in [5, 5.41) is 2.41. The van der Waals surface area contributed by atoms with Gasteiger partial charge in [0.25, 0.3) is 10.0 Å². The maximum atomic E-state index is 12.6. The maximum absolute atomic E-state index is 12.6. The highest BCUT2D eigenvalue weighted by molar-refractivity contribution is 7.90. The molecule has 23 heavy (non-hydrogen) atoms. The Bertz CT molecular complexity index is 746. The molecule has 0 spiro atoms. The van der Waals surface area contributed by atoms with E-state index in [2.05, 4.69) is 5.32 Å². The molecule has 2 atom stereocenters. The monoisotopic (exact) mass is 350 g/mol. The Kier molecular flexibility index (Phi) is 4.38. The summed E-state index contributed by atoms with van der Waals surface area (Å²) >= 11 is 0. The Morgan fingerprint density at radius 1 is 1.35 bits per heavy atom. The molecule has 2 amide bonds. The zero-order chi connectivity index (χ0) is 17.4. The quantitative estimate of drug-likeness (QED) is 0.792. The molecule has 126 valence electrons. The van der Waals surface area contributed by atoms with Crippen molar-refractivity contribution < 1.29 is 31.2 Å². The van der Waals surface area contributed by atoms with Crippen molar-refractivity contribution in [3.63, 3.8) is 0 Å². The van der Waals surface area contributed by atoms with Gasteiger partial charge in [-0.15, -0.1) is 0 Å². The summed E-state index contributed by atoms with van der Waals surface area (Å²) in [5.74, 6) is -3.30. The van der Waals surface area contributed by atoms with Gasteiger partial charge < -0.3 is 5.32 Å². The first-order chi connectivity index (χ1) is 10.5. The predicted molar refractivity (Wildman–Crippen MR) is 72.4 cm³/mol. The molecule has 0 aromatic heterocycles. The second-order valence-corrected chi connectivity index (χ2v) is 6.88. The number of hydrogen-bond donors (Lipinski definition) is 2. The first kappa shape index (κ1) is 17.3. The molecule has 1 fully saturated rings. The molecule has 2 unspecified atom stereocenters. The van der Waals surface area contributed by atoms with Crippen molar-refractivity contribution in [3.8, 4) is 0 Å². The highest BCUT2D eigenvalue weighted by atomic mass is 32.2. The average molecular weight is 350 g/mol. The highest BCUT2D eigenvalue weighted by Crippen LogP contribution is 2.30. The van der Waals surface area contributed by atoms with E-state index in [4.69, 9.17) is 0 Å².